The first-order chi connectivity index (χ1) is 18.6. The number of H-pyrrole nitrogens is 1. The fourth-order valence-corrected chi connectivity index (χ4v) is 4.84. The molecule has 2 N–H and O–H groups in total. The van der Waals surface area contributed by atoms with Crippen LogP contribution in [0, 0.1) is 0 Å². The molecule has 1 atom stereocenters. The number of hydrogen-bond acceptors (Lipinski definition) is 6. The molecule has 0 saturated heterocycles. The molecule has 8 nitrogen and oxygen atoms in total. The number of aromatic hydroxyl groups is 1. The highest BCUT2D eigenvalue weighted by molar-refractivity contribution is 6.00. The van der Waals surface area contributed by atoms with Crippen molar-refractivity contribution in [3.05, 3.63) is 95.2 Å². The number of aromatic amines is 1. The molecule has 2 heterocycles. The average Bonchev–Trinajstić information content (AvgIpc) is 3.49. The minimum Gasteiger partial charge on any atom is -0.507 e. The predicted octanol–water partition coefficient (Wildman–Crippen LogP) is 5.34. The van der Waals surface area contributed by atoms with E-state index in [9.17, 15) is 9.90 Å². The Morgan fingerprint density at radius 3 is 2.58 bits per heavy atom. The Morgan fingerprint density at radius 1 is 1.03 bits per heavy atom. The van der Waals surface area contributed by atoms with Crippen molar-refractivity contribution in [2.75, 3.05) is 26.9 Å². The first-order valence-electron chi connectivity index (χ1n) is 12.7. The Kier molecular flexibility index (Phi) is 7.60. The van der Waals surface area contributed by atoms with Gasteiger partial charge in [0.25, 0.3) is 5.91 Å². The van der Waals surface area contributed by atoms with Gasteiger partial charge in [0.15, 0.2) is 11.5 Å². The fourth-order valence-electron chi connectivity index (χ4n) is 4.84. The topological polar surface area (TPSA) is 96.9 Å². The van der Waals surface area contributed by atoms with Crippen LogP contribution in [0.4, 0.5) is 0 Å². The molecule has 0 fully saturated rings. The predicted molar refractivity (Wildman–Crippen MR) is 143 cm³/mol. The highest BCUT2D eigenvalue weighted by Gasteiger charge is 2.42. The van der Waals surface area contributed by atoms with E-state index in [1.165, 1.54) is 0 Å². The van der Waals surface area contributed by atoms with Crippen LogP contribution in [0.25, 0.3) is 11.3 Å². The number of phenols is 1. The summed E-state index contributed by atoms with van der Waals surface area (Å²) in [7, 11) is 1.60. The van der Waals surface area contributed by atoms with Gasteiger partial charge in [0.2, 0.25) is 0 Å². The summed E-state index contributed by atoms with van der Waals surface area (Å²) in [6, 6.07) is 22.2. The van der Waals surface area contributed by atoms with Crippen LogP contribution in [-0.2, 0) is 11.3 Å². The smallest absolute Gasteiger partial charge is 0.273 e. The summed E-state index contributed by atoms with van der Waals surface area (Å²) in [5.74, 6) is 1.14. The SMILES string of the molecule is CCOCCCN1C(=O)c2[nH]nc(-c3ccccc3O)c2C1c1ccc(OCc2ccccc2)c(OC)c1. The number of nitrogens with one attached hydrogen (secondary N) is 1. The van der Waals surface area contributed by atoms with E-state index >= 15 is 0 Å². The second kappa shape index (κ2) is 11.4. The van der Waals surface area contributed by atoms with E-state index in [0.29, 0.717) is 61.2 Å². The zero-order chi connectivity index (χ0) is 26.5. The Morgan fingerprint density at radius 2 is 1.82 bits per heavy atom. The van der Waals surface area contributed by atoms with Crippen molar-refractivity contribution >= 4 is 5.91 Å². The third-order valence-corrected chi connectivity index (χ3v) is 6.66. The zero-order valence-corrected chi connectivity index (χ0v) is 21.5. The standard InChI is InChI=1S/C30H31N3O5/c1-3-37-17-9-16-33-29(26-27(31-32-28(26)30(33)35)22-12-7-8-13-23(22)34)21-14-15-24(25(18-21)36-2)38-19-20-10-5-4-6-11-20/h4-8,10-15,18,29,34H,3,9,16-17,19H2,1-2H3,(H,31,32). The number of para-hydroxylation sites is 1. The molecule has 0 saturated carbocycles. The number of aromatic nitrogens is 2. The molecule has 1 aliphatic rings. The van der Waals surface area contributed by atoms with Gasteiger partial charge in [-0.25, -0.2) is 0 Å². The number of carbonyl (C=O) groups is 1. The van der Waals surface area contributed by atoms with Gasteiger partial charge >= 0.3 is 0 Å². The monoisotopic (exact) mass is 513 g/mol. The number of phenolic OH excluding ortho intramolecular Hbond substituents is 1. The maximum atomic E-state index is 13.5. The fraction of sp³-hybridized carbons (Fsp3) is 0.267. The van der Waals surface area contributed by atoms with Gasteiger partial charge in [0, 0.05) is 30.9 Å². The van der Waals surface area contributed by atoms with Gasteiger partial charge in [-0.2, -0.15) is 5.10 Å². The van der Waals surface area contributed by atoms with Crippen LogP contribution in [0.5, 0.6) is 17.2 Å². The lowest BCUT2D eigenvalue weighted by atomic mass is 9.95. The highest BCUT2D eigenvalue weighted by atomic mass is 16.5. The molecule has 4 aromatic rings. The highest BCUT2D eigenvalue weighted by Crippen LogP contribution is 2.45. The molecule has 0 radical (unpaired) electrons. The Hall–Kier alpha value is -4.30. The van der Waals surface area contributed by atoms with E-state index in [0.717, 1.165) is 16.7 Å². The van der Waals surface area contributed by atoms with Gasteiger partial charge in [-0.15, -0.1) is 0 Å². The number of carbonyl (C=O) groups excluding carboxylic acids is 1. The number of nitrogens with zero attached hydrogens (tertiary/aromatic N) is 2. The lowest BCUT2D eigenvalue weighted by molar-refractivity contribution is 0.0710. The van der Waals surface area contributed by atoms with Crippen molar-refractivity contribution in [3.8, 4) is 28.5 Å². The van der Waals surface area contributed by atoms with Crippen molar-refractivity contribution in [3.63, 3.8) is 0 Å². The molecule has 1 aliphatic heterocycles. The summed E-state index contributed by atoms with van der Waals surface area (Å²) in [6.07, 6.45) is 0.690. The summed E-state index contributed by atoms with van der Waals surface area (Å²) in [5.41, 5.74) is 4.17. The van der Waals surface area contributed by atoms with E-state index in [1.54, 1.807) is 25.3 Å². The lowest BCUT2D eigenvalue weighted by Gasteiger charge is -2.27. The van der Waals surface area contributed by atoms with E-state index < -0.39 is 6.04 Å². The summed E-state index contributed by atoms with van der Waals surface area (Å²) < 4.78 is 17.3. The summed E-state index contributed by atoms with van der Waals surface area (Å²) in [4.78, 5) is 15.4. The Labute approximate surface area is 221 Å². The molecule has 0 spiro atoms. The molecule has 38 heavy (non-hydrogen) atoms. The maximum Gasteiger partial charge on any atom is 0.273 e. The molecule has 8 heteroatoms. The third kappa shape index (κ3) is 4.95. The first-order valence-corrected chi connectivity index (χ1v) is 12.7. The lowest BCUT2D eigenvalue weighted by Crippen LogP contribution is -2.31. The molecule has 1 amide bonds. The van der Waals surface area contributed by atoms with E-state index in [-0.39, 0.29) is 11.7 Å². The second-order valence-electron chi connectivity index (χ2n) is 9.01. The molecule has 5 rings (SSSR count). The summed E-state index contributed by atoms with van der Waals surface area (Å²) in [5, 5.41) is 17.9. The molecule has 0 aliphatic carbocycles. The third-order valence-electron chi connectivity index (χ3n) is 6.66. The number of amides is 1. The molecule has 1 aromatic heterocycles. The normalized spacial score (nSPS) is 14.5. The minimum atomic E-state index is -0.426. The number of rotatable bonds is 11. The maximum absolute atomic E-state index is 13.5. The van der Waals surface area contributed by atoms with E-state index in [2.05, 4.69) is 10.2 Å². The number of methoxy groups -OCH3 is 1. The zero-order valence-electron chi connectivity index (χ0n) is 21.5. The molecular formula is C30H31N3O5. The quantitative estimate of drug-likeness (QED) is 0.263. The van der Waals surface area contributed by atoms with Crippen LogP contribution >= 0.6 is 0 Å². The van der Waals surface area contributed by atoms with Crippen LogP contribution in [-0.4, -0.2) is 53.0 Å². The number of ether oxygens (including phenoxy) is 3. The summed E-state index contributed by atoms with van der Waals surface area (Å²) in [6.45, 7) is 4.04. The average molecular weight is 514 g/mol. The first kappa shape index (κ1) is 25.4. The number of hydrogen-bond donors (Lipinski definition) is 2. The van der Waals surface area contributed by atoms with E-state index in [4.69, 9.17) is 14.2 Å². The van der Waals surface area contributed by atoms with Gasteiger partial charge < -0.3 is 24.2 Å². The van der Waals surface area contributed by atoms with Crippen molar-refractivity contribution in [1.82, 2.24) is 15.1 Å². The molecule has 1 unspecified atom stereocenters. The van der Waals surface area contributed by atoms with Crippen molar-refractivity contribution in [1.29, 1.82) is 0 Å². The summed E-state index contributed by atoms with van der Waals surface area (Å²) >= 11 is 0. The molecular weight excluding hydrogens is 482 g/mol. The van der Waals surface area contributed by atoms with Crippen molar-refractivity contribution in [2.24, 2.45) is 0 Å². The largest absolute Gasteiger partial charge is 0.507 e. The van der Waals surface area contributed by atoms with Crippen molar-refractivity contribution in [2.45, 2.75) is 26.0 Å². The van der Waals surface area contributed by atoms with Gasteiger partial charge in [0.05, 0.1) is 13.2 Å². The Bertz CT molecular complexity index is 1400. The van der Waals surface area contributed by atoms with Gasteiger partial charge in [-0.1, -0.05) is 48.5 Å². The second-order valence-corrected chi connectivity index (χ2v) is 9.01. The van der Waals surface area contributed by atoms with Crippen LogP contribution in [0.3, 0.4) is 0 Å². The Balaban J connectivity index is 1.52. The van der Waals surface area contributed by atoms with Gasteiger partial charge in [-0.3, -0.25) is 9.89 Å². The van der Waals surface area contributed by atoms with Crippen LogP contribution in [0.1, 0.15) is 46.6 Å². The van der Waals surface area contributed by atoms with Crippen LogP contribution < -0.4 is 9.47 Å². The van der Waals surface area contributed by atoms with Crippen LogP contribution in [0.15, 0.2) is 72.8 Å². The minimum absolute atomic E-state index is 0.102. The molecule has 196 valence electrons. The number of benzene rings is 3. The number of fused-ring (bicyclic) bond motifs is 1. The van der Waals surface area contributed by atoms with Crippen LogP contribution in [0.2, 0.25) is 0 Å². The van der Waals surface area contributed by atoms with Gasteiger partial charge in [0.1, 0.15) is 23.7 Å². The van der Waals surface area contributed by atoms with Crippen molar-refractivity contribution < 1.29 is 24.1 Å². The molecule has 3 aromatic carbocycles. The van der Waals surface area contributed by atoms with Gasteiger partial charge in [-0.05, 0) is 48.7 Å². The van der Waals surface area contributed by atoms with E-state index in [1.807, 2.05) is 66.4 Å². The molecule has 0 bridgehead atoms.